The number of nitrogens with zero attached hydrogens (tertiary/aromatic N) is 1. The van der Waals surface area contributed by atoms with Gasteiger partial charge in [-0.05, 0) is 62.8 Å². The second-order valence-corrected chi connectivity index (χ2v) is 9.48. The first-order valence-corrected chi connectivity index (χ1v) is 13.0. The van der Waals surface area contributed by atoms with Crippen molar-refractivity contribution in [2.75, 3.05) is 25.0 Å². The average molecular weight is 512 g/mol. The van der Waals surface area contributed by atoms with E-state index in [-0.39, 0.29) is 30.0 Å². The zero-order valence-electron chi connectivity index (χ0n) is 21.6. The monoisotopic (exact) mass is 511 g/mol. The summed E-state index contributed by atoms with van der Waals surface area (Å²) in [6.07, 6.45) is 4.62. The van der Waals surface area contributed by atoms with Crippen LogP contribution in [-0.2, 0) is 9.59 Å². The molecule has 1 atom stereocenters. The molecular formula is C27H40F3N3O3. The predicted molar refractivity (Wildman–Crippen MR) is 136 cm³/mol. The lowest BCUT2D eigenvalue weighted by Gasteiger charge is -2.24. The van der Waals surface area contributed by atoms with Crippen molar-refractivity contribution in [1.29, 1.82) is 0 Å². The van der Waals surface area contributed by atoms with Gasteiger partial charge < -0.3 is 20.3 Å². The number of benzene rings is 1. The Balaban J connectivity index is 1.99. The molecule has 1 aromatic rings. The molecule has 1 aliphatic rings. The molecule has 0 bridgehead atoms. The topological polar surface area (TPSA) is 70.7 Å². The maximum Gasteiger partial charge on any atom is 0.573 e. The fourth-order valence-corrected chi connectivity index (χ4v) is 4.39. The number of hydrogen-bond acceptors (Lipinski definition) is 4. The van der Waals surface area contributed by atoms with Crippen LogP contribution in [0.2, 0.25) is 0 Å². The Morgan fingerprint density at radius 3 is 2.25 bits per heavy atom. The van der Waals surface area contributed by atoms with Crippen LogP contribution >= 0.6 is 0 Å². The highest BCUT2D eigenvalue weighted by Gasteiger charge is 2.31. The number of anilines is 1. The molecular weight excluding hydrogens is 471 g/mol. The van der Waals surface area contributed by atoms with Crippen LogP contribution in [0.1, 0.15) is 72.1 Å². The highest BCUT2D eigenvalue weighted by molar-refractivity contribution is 5.98. The van der Waals surface area contributed by atoms with Crippen LogP contribution < -0.4 is 15.4 Å². The third kappa shape index (κ3) is 10.9. The molecule has 9 heteroatoms. The lowest BCUT2D eigenvalue weighted by atomic mass is 9.87. The third-order valence-electron chi connectivity index (χ3n) is 6.14. The van der Waals surface area contributed by atoms with Gasteiger partial charge in [0.2, 0.25) is 11.8 Å². The number of alkyl halides is 3. The number of carbonyl (C=O) groups is 2. The molecule has 2 N–H and O–H groups in total. The maximum atomic E-state index is 13.2. The quantitative estimate of drug-likeness (QED) is 0.317. The van der Waals surface area contributed by atoms with Crippen molar-refractivity contribution in [2.45, 2.75) is 84.5 Å². The Bertz CT molecular complexity index is 844. The van der Waals surface area contributed by atoms with Crippen LogP contribution in [0, 0.1) is 5.92 Å². The first-order chi connectivity index (χ1) is 17.1. The van der Waals surface area contributed by atoms with Crippen LogP contribution in [0.25, 0.3) is 0 Å². The summed E-state index contributed by atoms with van der Waals surface area (Å²) in [6.45, 7) is 7.64. The molecule has 1 aliphatic carbocycles. The minimum Gasteiger partial charge on any atom is -0.406 e. The number of amides is 2. The second-order valence-electron chi connectivity index (χ2n) is 9.48. The number of nitrogens with one attached hydrogen (secondary N) is 2. The summed E-state index contributed by atoms with van der Waals surface area (Å²) in [4.78, 5) is 28.0. The number of carbonyl (C=O) groups excluding carboxylic acids is 2. The number of halogens is 3. The summed E-state index contributed by atoms with van der Waals surface area (Å²) in [5.74, 6) is -0.256. The lowest BCUT2D eigenvalue weighted by Crippen LogP contribution is -2.40. The van der Waals surface area contributed by atoms with Crippen LogP contribution in [-0.4, -0.2) is 48.8 Å². The molecule has 1 saturated carbocycles. The SMILES string of the molecule is CCCN(CCC)C(=O)C/C(=C\C1CCCCC1)C(=O)N[C@@H](C)CNc1ccc(OC(F)(F)F)cc1. The van der Waals surface area contributed by atoms with Crippen molar-refractivity contribution in [1.82, 2.24) is 10.2 Å². The van der Waals surface area contributed by atoms with E-state index in [1.54, 1.807) is 0 Å². The van der Waals surface area contributed by atoms with E-state index in [9.17, 15) is 22.8 Å². The molecule has 0 aromatic heterocycles. The highest BCUT2D eigenvalue weighted by Crippen LogP contribution is 2.27. The summed E-state index contributed by atoms with van der Waals surface area (Å²) < 4.78 is 40.9. The second kappa shape index (κ2) is 14.8. The minimum atomic E-state index is -4.73. The van der Waals surface area contributed by atoms with Gasteiger partial charge in [-0.15, -0.1) is 13.2 Å². The minimum absolute atomic E-state index is 0.0251. The molecule has 2 amide bonds. The Kier molecular flexibility index (Phi) is 12.1. The normalized spacial score (nSPS) is 15.8. The summed E-state index contributed by atoms with van der Waals surface area (Å²) in [6, 6.07) is 5.16. The molecule has 0 unspecified atom stereocenters. The highest BCUT2D eigenvalue weighted by atomic mass is 19.4. The molecule has 202 valence electrons. The molecule has 1 fully saturated rings. The zero-order valence-corrected chi connectivity index (χ0v) is 21.6. The third-order valence-corrected chi connectivity index (χ3v) is 6.14. The van der Waals surface area contributed by atoms with E-state index in [2.05, 4.69) is 15.4 Å². The van der Waals surface area contributed by atoms with Gasteiger partial charge in [-0.1, -0.05) is 39.2 Å². The molecule has 0 saturated heterocycles. The first-order valence-electron chi connectivity index (χ1n) is 13.0. The fraction of sp³-hybridized carbons (Fsp3) is 0.630. The fourth-order valence-electron chi connectivity index (χ4n) is 4.39. The Labute approximate surface area is 212 Å². The van der Waals surface area contributed by atoms with E-state index in [0.717, 1.165) is 38.5 Å². The Morgan fingerprint density at radius 2 is 1.69 bits per heavy atom. The first kappa shape index (κ1) is 29.5. The van der Waals surface area contributed by atoms with Gasteiger partial charge in [0, 0.05) is 36.9 Å². The Hall–Kier alpha value is -2.71. The molecule has 0 spiro atoms. The molecule has 36 heavy (non-hydrogen) atoms. The van der Waals surface area contributed by atoms with E-state index < -0.39 is 6.36 Å². The number of ether oxygens (including phenoxy) is 1. The molecule has 2 rings (SSSR count). The van der Waals surface area contributed by atoms with Gasteiger partial charge in [-0.25, -0.2) is 0 Å². The largest absolute Gasteiger partial charge is 0.573 e. The predicted octanol–water partition coefficient (Wildman–Crippen LogP) is 6.05. The molecule has 1 aromatic carbocycles. The van der Waals surface area contributed by atoms with Gasteiger partial charge in [0.05, 0.1) is 6.42 Å². The summed E-state index contributed by atoms with van der Waals surface area (Å²) >= 11 is 0. The van der Waals surface area contributed by atoms with E-state index in [1.807, 2.05) is 31.7 Å². The lowest BCUT2D eigenvalue weighted by molar-refractivity contribution is -0.274. The van der Waals surface area contributed by atoms with Crippen LogP contribution in [0.15, 0.2) is 35.9 Å². The van der Waals surface area contributed by atoms with Gasteiger partial charge in [0.15, 0.2) is 0 Å². The number of hydrogen-bond donors (Lipinski definition) is 2. The van der Waals surface area contributed by atoms with Crippen molar-refractivity contribution in [3.05, 3.63) is 35.9 Å². The van der Waals surface area contributed by atoms with Crippen molar-refractivity contribution in [2.24, 2.45) is 5.92 Å². The maximum absolute atomic E-state index is 13.2. The summed E-state index contributed by atoms with van der Waals surface area (Å²) in [7, 11) is 0. The van der Waals surface area contributed by atoms with Gasteiger partial charge in [0.25, 0.3) is 0 Å². The van der Waals surface area contributed by atoms with Gasteiger partial charge >= 0.3 is 6.36 Å². The standard InChI is InChI=1S/C27H40F3N3O3/c1-4-15-33(16-5-2)25(34)18-22(17-21-9-7-6-8-10-21)26(35)32-20(3)19-31-23-11-13-24(14-12-23)36-27(28,29)30/h11-14,17,20-21,31H,4-10,15-16,18-19H2,1-3H3,(H,32,35)/b22-17+/t20-/m0/s1. The van der Waals surface area contributed by atoms with E-state index in [0.29, 0.717) is 36.8 Å². The van der Waals surface area contributed by atoms with Crippen molar-refractivity contribution in [3.8, 4) is 5.75 Å². The molecule has 0 heterocycles. The smallest absolute Gasteiger partial charge is 0.406 e. The molecule has 6 nitrogen and oxygen atoms in total. The van der Waals surface area contributed by atoms with Crippen LogP contribution in [0.3, 0.4) is 0 Å². The van der Waals surface area contributed by atoms with Crippen LogP contribution in [0.5, 0.6) is 5.75 Å². The van der Waals surface area contributed by atoms with E-state index in [1.165, 1.54) is 30.7 Å². The number of allylic oxidation sites excluding steroid dienone is 1. The van der Waals surface area contributed by atoms with E-state index >= 15 is 0 Å². The van der Waals surface area contributed by atoms with Gasteiger partial charge in [-0.3, -0.25) is 9.59 Å². The van der Waals surface area contributed by atoms with Crippen molar-refractivity contribution >= 4 is 17.5 Å². The molecule has 0 aliphatic heterocycles. The summed E-state index contributed by atoms with van der Waals surface area (Å²) in [5.41, 5.74) is 1.12. The molecule has 0 radical (unpaired) electrons. The summed E-state index contributed by atoms with van der Waals surface area (Å²) in [5, 5.41) is 6.08. The average Bonchev–Trinajstić information content (AvgIpc) is 2.82. The van der Waals surface area contributed by atoms with E-state index in [4.69, 9.17) is 0 Å². The van der Waals surface area contributed by atoms with Crippen molar-refractivity contribution in [3.63, 3.8) is 0 Å². The van der Waals surface area contributed by atoms with Gasteiger partial charge in [-0.2, -0.15) is 0 Å². The zero-order chi connectivity index (χ0) is 26.6. The van der Waals surface area contributed by atoms with Crippen molar-refractivity contribution < 1.29 is 27.5 Å². The number of rotatable bonds is 13. The van der Waals surface area contributed by atoms with Crippen LogP contribution in [0.4, 0.5) is 18.9 Å². The Morgan fingerprint density at radius 1 is 1.08 bits per heavy atom. The van der Waals surface area contributed by atoms with Gasteiger partial charge in [0.1, 0.15) is 5.75 Å².